The first-order chi connectivity index (χ1) is 8.15. The Morgan fingerprint density at radius 3 is 2.82 bits per heavy atom. The summed E-state index contributed by atoms with van der Waals surface area (Å²) in [5.41, 5.74) is 0. The zero-order chi connectivity index (χ0) is 12.3. The molecule has 1 heterocycles. The van der Waals surface area contributed by atoms with E-state index in [2.05, 4.69) is 30.9 Å². The van der Waals surface area contributed by atoms with E-state index in [1.807, 2.05) is 6.21 Å². The molecule has 0 unspecified atom stereocenters. The largest absolute Gasteiger partial charge is 0.393 e. The van der Waals surface area contributed by atoms with Crippen LogP contribution in [0.3, 0.4) is 0 Å². The fourth-order valence-corrected chi connectivity index (χ4v) is 2.28. The molecule has 0 radical (unpaired) electrons. The minimum atomic E-state index is -0.139. The fraction of sp³-hybridized carbons (Fsp3) is 0.545. The van der Waals surface area contributed by atoms with Crippen LogP contribution in [0.1, 0.15) is 25.7 Å². The molecule has 1 aliphatic rings. The molecule has 1 aromatic rings. The Kier molecular flexibility index (Phi) is 4.48. The van der Waals surface area contributed by atoms with Crippen molar-refractivity contribution in [1.29, 1.82) is 0 Å². The average molecular weight is 319 g/mol. The van der Waals surface area contributed by atoms with E-state index in [1.54, 1.807) is 6.20 Å². The van der Waals surface area contributed by atoms with Crippen LogP contribution in [-0.2, 0) is 0 Å². The Bertz CT molecular complexity index is 419. The summed E-state index contributed by atoms with van der Waals surface area (Å²) in [6.45, 7) is 0. The lowest BCUT2D eigenvalue weighted by Crippen LogP contribution is -2.18. The van der Waals surface area contributed by atoms with Gasteiger partial charge in [-0.3, -0.25) is 0 Å². The molecule has 1 saturated carbocycles. The van der Waals surface area contributed by atoms with Crippen molar-refractivity contribution in [2.45, 2.75) is 31.8 Å². The summed E-state index contributed by atoms with van der Waals surface area (Å²) in [6.07, 6.45) is 6.99. The molecular formula is C11H13BrClN3O. The van der Waals surface area contributed by atoms with E-state index in [1.165, 1.54) is 0 Å². The van der Waals surface area contributed by atoms with Crippen molar-refractivity contribution in [3.05, 3.63) is 16.0 Å². The zero-order valence-corrected chi connectivity index (χ0v) is 11.5. The molecule has 0 spiro atoms. The summed E-state index contributed by atoms with van der Waals surface area (Å²) in [5, 5.41) is 9.60. The molecule has 0 aliphatic heterocycles. The molecule has 2 rings (SSSR count). The van der Waals surface area contributed by atoms with Crippen LogP contribution in [0.15, 0.2) is 15.7 Å². The molecular weight excluding hydrogens is 305 g/mol. The lowest BCUT2D eigenvalue weighted by atomic mass is 9.88. The van der Waals surface area contributed by atoms with Crippen LogP contribution < -0.4 is 0 Å². The van der Waals surface area contributed by atoms with E-state index in [0.717, 1.165) is 30.2 Å². The molecule has 0 bridgehead atoms. The van der Waals surface area contributed by atoms with Gasteiger partial charge in [0.1, 0.15) is 0 Å². The number of aromatic nitrogens is 2. The first kappa shape index (κ1) is 12.9. The summed E-state index contributed by atoms with van der Waals surface area (Å²) in [5.74, 6) is 0.968. The molecule has 0 saturated heterocycles. The lowest BCUT2D eigenvalue weighted by molar-refractivity contribution is 0.121. The van der Waals surface area contributed by atoms with Crippen molar-refractivity contribution in [2.24, 2.45) is 10.9 Å². The normalized spacial score (nSPS) is 25.4. The maximum absolute atomic E-state index is 9.40. The quantitative estimate of drug-likeness (QED) is 0.673. The number of rotatable bonds is 2. The predicted molar refractivity (Wildman–Crippen MR) is 70.9 cm³/mol. The van der Waals surface area contributed by atoms with Crippen LogP contribution in [0.2, 0.25) is 5.28 Å². The zero-order valence-electron chi connectivity index (χ0n) is 9.18. The number of hydrogen-bond donors (Lipinski definition) is 1. The Hall–Kier alpha value is -0.520. The van der Waals surface area contributed by atoms with E-state index >= 15 is 0 Å². The Morgan fingerprint density at radius 2 is 2.12 bits per heavy atom. The van der Waals surface area contributed by atoms with Gasteiger partial charge in [-0.05, 0) is 59.1 Å². The highest BCUT2D eigenvalue weighted by Crippen LogP contribution is 2.26. The van der Waals surface area contributed by atoms with Crippen molar-refractivity contribution in [3.63, 3.8) is 0 Å². The summed E-state index contributed by atoms with van der Waals surface area (Å²) < 4.78 is 0.731. The van der Waals surface area contributed by atoms with Gasteiger partial charge in [0, 0.05) is 12.4 Å². The van der Waals surface area contributed by atoms with Crippen molar-refractivity contribution < 1.29 is 5.11 Å². The van der Waals surface area contributed by atoms with E-state index < -0.39 is 0 Å². The molecule has 0 amide bonds. The molecule has 1 aliphatic carbocycles. The minimum Gasteiger partial charge on any atom is -0.393 e. The van der Waals surface area contributed by atoms with Crippen LogP contribution in [0.25, 0.3) is 0 Å². The number of nitrogens with zero attached hydrogens (tertiary/aromatic N) is 3. The van der Waals surface area contributed by atoms with Crippen LogP contribution in [-0.4, -0.2) is 27.4 Å². The predicted octanol–water partition coefficient (Wildman–Crippen LogP) is 3.15. The first-order valence-corrected chi connectivity index (χ1v) is 6.72. The standard InChI is InChI=1S/C11H13BrClN3O/c12-9-6-15-11(13)16-10(9)14-5-7-1-3-8(17)4-2-7/h5-8,17H,1-4H2. The third kappa shape index (κ3) is 3.72. The van der Waals surface area contributed by atoms with Crippen LogP contribution in [0.4, 0.5) is 5.82 Å². The van der Waals surface area contributed by atoms with Crippen molar-refractivity contribution in [2.75, 3.05) is 0 Å². The van der Waals surface area contributed by atoms with Gasteiger partial charge in [0.05, 0.1) is 10.6 Å². The van der Waals surface area contributed by atoms with Gasteiger partial charge in [-0.25, -0.2) is 9.98 Å². The second-order valence-electron chi connectivity index (χ2n) is 4.16. The maximum atomic E-state index is 9.40. The fourth-order valence-electron chi connectivity index (χ4n) is 1.85. The Balaban J connectivity index is 2.02. The molecule has 92 valence electrons. The van der Waals surface area contributed by atoms with Crippen molar-refractivity contribution in [3.8, 4) is 0 Å². The Labute approximate surface area is 113 Å². The maximum Gasteiger partial charge on any atom is 0.224 e. The number of hydrogen-bond acceptors (Lipinski definition) is 4. The highest BCUT2D eigenvalue weighted by atomic mass is 79.9. The molecule has 6 heteroatoms. The molecule has 1 N–H and O–H groups in total. The monoisotopic (exact) mass is 317 g/mol. The molecule has 17 heavy (non-hydrogen) atoms. The van der Waals surface area contributed by atoms with Crippen LogP contribution in [0.5, 0.6) is 0 Å². The van der Waals surface area contributed by atoms with Crippen molar-refractivity contribution in [1.82, 2.24) is 9.97 Å². The van der Waals surface area contributed by atoms with Gasteiger partial charge in [-0.1, -0.05) is 0 Å². The first-order valence-electron chi connectivity index (χ1n) is 5.55. The molecule has 0 aromatic carbocycles. The Morgan fingerprint density at radius 1 is 1.41 bits per heavy atom. The van der Waals surface area contributed by atoms with Crippen LogP contribution in [0, 0.1) is 5.92 Å². The smallest absolute Gasteiger partial charge is 0.224 e. The number of aliphatic hydroxyl groups excluding tert-OH is 1. The van der Waals surface area contributed by atoms with Gasteiger partial charge in [0.2, 0.25) is 5.28 Å². The van der Waals surface area contributed by atoms with Crippen LogP contribution >= 0.6 is 27.5 Å². The van der Waals surface area contributed by atoms with E-state index in [-0.39, 0.29) is 11.4 Å². The number of halogens is 2. The molecule has 0 atom stereocenters. The number of aliphatic hydroxyl groups is 1. The van der Waals surface area contributed by atoms with E-state index in [4.69, 9.17) is 11.6 Å². The topological polar surface area (TPSA) is 58.4 Å². The highest BCUT2D eigenvalue weighted by molar-refractivity contribution is 9.10. The summed E-state index contributed by atoms with van der Waals surface area (Å²) in [4.78, 5) is 12.2. The second kappa shape index (κ2) is 5.89. The molecule has 1 fully saturated rings. The third-order valence-electron chi connectivity index (χ3n) is 2.85. The summed E-state index contributed by atoms with van der Waals surface area (Å²) in [6, 6.07) is 0. The highest BCUT2D eigenvalue weighted by Gasteiger charge is 2.17. The van der Waals surface area contributed by atoms with Gasteiger partial charge in [-0.2, -0.15) is 4.98 Å². The second-order valence-corrected chi connectivity index (χ2v) is 5.35. The van der Waals surface area contributed by atoms with Crippen molar-refractivity contribution >= 4 is 39.6 Å². The summed E-state index contributed by atoms with van der Waals surface area (Å²) in [7, 11) is 0. The van der Waals surface area contributed by atoms with E-state index in [9.17, 15) is 5.11 Å². The third-order valence-corrected chi connectivity index (χ3v) is 3.59. The van der Waals surface area contributed by atoms with Gasteiger partial charge >= 0.3 is 0 Å². The van der Waals surface area contributed by atoms with Gasteiger partial charge < -0.3 is 5.11 Å². The lowest BCUT2D eigenvalue weighted by Gasteiger charge is -2.21. The van der Waals surface area contributed by atoms with Gasteiger partial charge in [0.15, 0.2) is 5.82 Å². The molecule has 4 nitrogen and oxygen atoms in total. The molecule has 1 aromatic heterocycles. The number of aliphatic imine (C=N–C) groups is 1. The van der Waals surface area contributed by atoms with Gasteiger partial charge in [0.25, 0.3) is 0 Å². The average Bonchev–Trinajstić information content (AvgIpc) is 2.32. The summed E-state index contributed by atoms with van der Waals surface area (Å²) >= 11 is 9.04. The van der Waals surface area contributed by atoms with Gasteiger partial charge in [-0.15, -0.1) is 0 Å². The SMILES string of the molecule is OC1CCC(C=Nc2nc(Cl)ncc2Br)CC1. The van der Waals surface area contributed by atoms with E-state index in [0.29, 0.717) is 11.7 Å². The minimum absolute atomic E-state index is 0.139.